The number of rotatable bonds is 6. The number of nitro benzene ring substituents is 1. The minimum absolute atomic E-state index is 0.168. The van der Waals surface area contributed by atoms with E-state index in [0.29, 0.717) is 18.0 Å². The molecule has 1 aromatic carbocycles. The lowest BCUT2D eigenvalue weighted by atomic mass is 10.1. The third-order valence-electron chi connectivity index (χ3n) is 2.74. The highest BCUT2D eigenvalue weighted by Gasteiger charge is 2.17. The van der Waals surface area contributed by atoms with Gasteiger partial charge in [-0.2, -0.15) is 0 Å². The van der Waals surface area contributed by atoms with E-state index in [1.54, 1.807) is 13.0 Å². The summed E-state index contributed by atoms with van der Waals surface area (Å²) < 4.78 is 4.90. The first-order valence-corrected chi connectivity index (χ1v) is 6.32. The molecule has 0 radical (unpaired) electrons. The van der Waals surface area contributed by atoms with Gasteiger partial charge in [-0.1, -0.05) is 5.16 Å². The summed E-state index contributed by atoms with van der Waals surface area (Å²) in [5.41, 5.74) is 0.386. The number of benzene rings is 1. The second-order valence-corrected chi connectivity index (χ2v) is 4.18. The number of carbonyl (C=O) groups excluding carboxylic acids is 1. The maximum absolute atomic E-state index is 11.7. The van der Waals surface area contributed by atoms with Crippen LogP contribution < -0.4 is 10.6 Å². The monoisotopic (exact) mass is 290 g/mol. The van der Waals surface area contributed by atoms with Crippen LogP contribution in [0.1, 0.15) is 23.0 Å². The van der Waals surface area contributed by atoms with E-state index < -0.39 is 4.92 Å². The fourth-order valence-corrected chi connectivity index (χ4v) is 1.75. The topological polar surface area (TPSA) is 110 Å². The summed E-state index contributed by atoms with van der Waals surface area (Å²) in [6, 6.07) is 5.93. The SMILES string of the molecule is CCNC(=O)c1ccc(NCc2ccno2)c([N+](=O)[O-])c1. The number of hydrogen-bond donors (Lipinski definition) is 2. The molecule has 21 heavy (non-hydrogen) atoms. The fraction of sp³-hybridized carbons (Fsp3) is 0.231. The molecule has 2 rings (SSSR count). The van der Waals surface area contributed by atoms with E-state index in [1.165, 1.54) is 24.4 Å². The van der Waals surface area contributed by atoms with Crippen molar-refractivity contribution >= 4 is 17.3 Å². The Labute approximate surface area is 120 Å². The van der Waals surface area contributed by atoms with E-state index in [-0.39, 0.29) is 23.7 Å². The van der Waals surface area contributed by atoms with Crippen molar-refractivity contribution in [3.8, 4) is 0 Å². The minimum Gasteiger partial charge on any atom is -0.372 e. The molecule has 8 nitrogen and oxygen atoms in total. The number of amides is 1. The summed E-state index contributed by atoms with van der Waals surface area (Å²) in [6.07, 6.45) is 1.49. The highest BCUT2D eigenvalue weighted by molar-refractivity contribution is 5.95. The van der Waals surface area contributed by atoms with Crippen LogP contribution in [0.2, 0.25) is 0 Å². The molecule has 1 amide bonds. The average Bonchev–Trinajstić information content (AvgIpc) is 2.98. The Bertz CT molecular complexity index is 640. The summed E-state index contributed by atoms with van der Waals surface area (Å²) >= 11 is 0. The molecule has 0 aliphatic rings. The van der Waals surface area contributed by atoms with Gasteiger partial charge in [0.2, 0.25) is 0 Å². The molecule has 2 N–H and O–H groups in total. The minimum atomic E-state index is -0.536. The molecule has 110 valence electrons. The average molecular weight is 290 g/mol. The molecule has 0 saturated heterocycles. The summed E-state index contributed by atoms with van der Waals surface area (Å²) in [5.74, 6) is 0.208. The summed E-state index contributed by atoms with van der Waals surface area (Å²) in [6.45, 7) is 2.50. The van der Waals surface area contributed by atoms with Gasteiger partial charge in [0.15, 0.2) is 5.76 Å². The lowest BCUT2D eigenvalue weighted by Crippen LogP contribution is -2.22. The number of aromatic nitrogens is 1. The Morgan fingerprint density at radius 1 is 1.43 bits per heavy atom. The van der Waals surface area contributed by atoms with Gasteiger partial charge in [0, 0.05) is 24.2 Å². The van der Waals surface area contributed by atoms with E-state index in [0.717, 1.165) is 0 Å². The number of nitrogens with one attached hydrogen (secondary N) is 2. The molecule has 0 spiro atoms. The molecule has 8 heteroatoms. The van der Waals surface area contributed by atoms with Crippen molar-refractivity contribution < 1.29 is 14.2 Å². The van der Waals surface area contributed by atoms with Gasteiger partial charge in [0.25, 0.3) is 11.6 Å². The van der Waals surface area contributed by atoms with E-state index in [2.05, 4.69) is 15.8 Å². The summed E-state index contributed by atoms with van der Waals surface area (Å²) in [4.78, 5) is 22.3. The Morgan fingerprint density at radius 3 is 2.86 bits per heavy atom. The van der Waals surface area contributed by atoms with Gasteiger partial charge in [-0.3, -0.25) is 14.9 Å². The van der Waals surface area contributed by atoms with Crippen LogP contribution in [0.15, 0.2) is 35.0 Å². The second kappa shape index (κ2) is 6.51. The normalized spacial score (nSPS) is 10.1. The number of nitro groups is 1. The Balaban J connectivity index is 2.20. The van der Waals surface area contributed by atoms with Gasteiger partial charge in [-0.25, -0.2) is 0 Å². The van der Waals surface area contributed by atoms with Crippen molar-refractivity contribution in [2.75, 3.05) is 11.9 Å². The smallest absolute Gasteiger partial charge is 0.293 e. The molecule has 0 saturated carbocycles. The Morgan fingerprint density at radius 2 is 2.24 bits per heavy atom. The molecule has 1 heterocycles. The van der Waals surface area contributed by atoms with Gasteiger partial charge in [0.1, 0.15) is 5.69 Å². The first-order chi connectivity index (χ1) is 10.1. The third-order valence-corrected chi connectivity index (χ3v) is 2.74. The van der Waals surface area contributed by atoms with Crippen molar-refractivity contribution in [1.29, 1.82) is 0 Å². The van der Waals surface area contributed by atoms with E-state index in [9.17, 15) is 14.9 Å². The third kappa shape index (κ3) is 3.56. The van der Waals surface area contributed by atoms with Crippen LogP contribution in [0.3, 0.4) is 0 Å². The largest absolute Gasteiger partial charge is 0.372 e. The van der Waals surface area contributed by atoms with Gasteiger partial charge in [-0.05, 0) is 19.1 Å². The molecule has 1 aromatic heterocycles. The molecule has 0 aliphatic heterocycles. The van der Waals surface area contributed by atoms with E-state index in [4.69, 9.17) is 4.52 Å². The van der Waals surface area contributed by atoms with Crippen molar-refractivity contribution in [1.82, 2.24) is 10.5 Å². The van der Waals surface area contributed by atoms with Crippen molar-refractivity contribution in [2.45, 2.75) is 13.5 Å². The van der Waals surface area contributed by atoms with Gasteiger partial charge in [-0.15, -0.1) is 0 Å². The van der Waals surface area contributed by atoms with Crippen LogP contribution in [0, 0.1) is 10.1 Å². The van der Waals surface area contributed by atoms with Crippen molar-refractivity contribution in [3.05, 3.63) is 51.9 Å². The lowest BCUT2D eigenvalue weighted by molar-refractivity contribution is -0.384. The molecule has 0 fully saturated rings. The highest BCUT2D eigenvalue weighted by atomic mass is 16.6. The number of hydrogen-bond acceptors (Lipinski definition) is 6. The predicted molar refractivity (Wildman–Crippen MR) is 74.9 cm³/mol. The van der Waals surface area contributed by atoms with Crippen LogP contribution in [0.25, 0.3) is 0 Å². The lowest BCUT2D eigenvalue weighted by Gasteiger charge is -2.07. The Kier molecular flexibility index (Phi) is 4.50. The zero-order valence-electron chi connectivity index (χ0n) is 11.3. The number of anilines is 1. The standard InChI is InChI=1S/C13H14N4O4/c1-2-14-13(18)9-3-4-11(12(7-9)17(19)20)15-8-10-5-6-16-21-10/h3-7,15H,2,8H2,1H3,(H,14,18). The van der Waals surface area contributed by atoms with E-state index >= 15 is 0 Å². The highest BCUT2D eigenvalue weighted by Crippen LogP contribution is 2.26. The molecule has 2 aromatic rings. The van der Waals surface area contributed by atoms with Gasteiger partial charge < -0.3 is 15.2 Å². The zero-order valence-corrected chi connectivity index (χ0v) is 11.3. The van der Waals surface area contributed by atoms with Crippen LogP contribution in [0.5, 0.6) is 0 Å². The van der Waals surface area contributed by atoms with Gasteiger partial charge >= 0.3 is 0 Å². The van der Waals surface area contributed by atoms with E-state index in [1.807, 2.05) is 0 Å². The van der Waals surface area contributed by atoms with Crippen molar-refractivity contribution in [2.24, 2.45) is 0 Å². The molecule has 0 aliphatic carbocycles. The maximum atomic E-state index is 11.7. The molecule has 0 unspecified atom stereocenters. The van der Waals surface area contributed by atoms with Crippen LogP contribution in [0.4, 0.5) is 11.4 Å². The number of carbonyl (C=O) groups is 1. The van der Waals surface area contributed by atoms with Crippen LogP contribution >= 0.6 is 0 Å². The first-order valence-electron chi connectivity index (χ1n) is 6.32. The van der Waals surface area contributed by atoms with Crippen LogP contribution in [-0.4, -0.2) is 22.5 Å². The second-order valence-electron chi connectivity index (χ2n) is 4.18. The van der Waals surface area contributed by atoms with Gasteiger partial charge in [0.05, 0.1) is 17.7 Å². The van der Waals surface area contributed by atoms with Crippen molar-refractivity contribution in [3.63, 3.8) is 0 Å². The molecular weight excluding hydrogens is 276 g/mol. The quantitative estimate of drug-likeness (QED) is 0.621. The maximum Gasteiger partial charge on any atom is 0.293 e. The summed E-state index contributed by atoms with van der Waals surface area (Å²) in [5, 5.41) is 20.1. The summed E-state index contributed by atoms with van der Waals surface area (Å²) in [7, 11) is 0. The molecule has 0 bridgehead atoms. The predicted octanol–water partition coefficient (Wildman–Crippen LogP) is 1.94. The fourth-order valence-electron chi connectivity index (χ4n) is 1.75. The zero-order chi connectivity index (χ0) is 15.2. The Hall–Kier alpha value is -2.90. The molecular formula is C13H14N4O4. The molecule has 0 atom stereocenters. The van der Waals surface area contributed by atoms with Crippen LogP contribution in [-0.2, 0) is 6.54 Å². The number of nitrogens with zero attached hydrogens (tertiary/aromatic N) is 2. The first kappa shape index (κ1) is 14.5.